The van der Waals surface area contributed by atoms with Gasteiger partial charge in [-0.1, -0.05) is 12.1 Å². The molecular formula is C22H25FN2O6S. The molecule has 8 nitrogen and oxygen atoms in total. The van der Waals surface area contributed by atoms with E-state index in [1.165, 1.54) is 30.5 Å². The highest BCUT2D eigenvalue weighted by Gasteiger charge is 2.35. The lowest BCUT2D eigenvalue weighted by Crippen LogP contribution is -2.44. The number of para-hydroxylation sites is 2. The van der Waals surface area contributed by atoms with Gasteiger partial charge >= 0.3 is 5.97 Å². The Labute approximate surface area is 186 Å². The lowest BCUT2D eigenvalue weighted by atomic mass is 10.00. The summed E-state index contributed by atoms with van der Waals surface area (Å²) >= 11 is 0. The second-order valence-electron chi connectivity index (χ2n) is 7.42. The van der Waals surface area contributed by atoms with E-state index < -0.39 is 39.7 Å². The first kappa shape index (κ1) is 23.7. The topological polar surface area (TPSA) is 102 Å². The Kier molecular flexibility index (Phi) is 7.47. The number of hydrogen-bond donors (Lipinski definition) is 1. The highest BCUT2D eigenvalue weighted by molar-refractivity contribution is 7.89. The predicted molar refractivity (Wildman–Crippen MR) is 115 cm³/mol. The third-order valence-corrected chi connectivity index (χ3v) is 7.08. The van der Waals surface area contributed by atoms with Crippen molar-refractivity contribution in [1.29, 1.82) is 0 Å². The largest absolute Gasteiger partial charge is 0.495 e. The Morgan fingerprint density at radius 1 is 1.16 bits per heavy atom. The molecule has 10 heteroatoms. The zero-order valence-electron chi connectivity index (χ0n) is 17.8. The minimum atomic E-state index is -3.87. The Bertz CT molecular complexity index is 1070. The van der Waals surface area contributed by atoms with Crippen molar-refractivity contribution in [2.24, 2.45) is 5.92 Å². The molecule has 0 bridgehead atoms. The number of carbonyl (C=O) groups is 2. The lowest BCUT2D eigenvalue weighted by molar-refractivity contribution is -0.158. The zero-order chi connectivity index (χ0) is 23.3. The second kappa shape index (κ2) is 10.1. The van der Waals surface area contributed by atoms with Crippen LogP contribution in [-0.4, -0.2) is 50.9 Å². The molecule has 0 aliphatic carbocycles. The summed E-state index contributed by atoms with van der Waals surface area (Å²) in [7, 11) is -2.40. The summed E-state index contributed by atoms with van der Waals surface area (Å²) < 4.78 is 50.5. The van der Waals surface area contributed by atoms with Crippen LogP contribution in [-0.2, 0) is 24.3 Å². The Morgan fingerprint density at radius 3 is 2.53 bits per heavy atom. The molecule has 1 N–H and O–H groups in total. The maximum absolute atomic E-state index is 13.1. The van der Waals surface area contributed by atoms with Crippen LogP contribution in [0.2, 0.25) is 0 Å². The minimum absolute atomic E-state index is 0.0440. The quantitative estimate of drug-likeness (QED) is 0.633. The second-order valence-corrected chi connectivity index (χ2v) is 9.36. The van der Waals surface area contributed by atoms with E-state index >= 15 is 0 Å². The number of sulfonamides is 1. The number of nitrogens with zero attached hydrogens (tertiary/aromatic N) is 1. The van der Waals surface area contributed by atoms with Crippen molar-refractivity contribution in [3.05, 3.63) is 54.3 Å². The van der Waals surface area contributed by atoms with Gasteiger partial charge in [-0.3, -0.25) is 9.59 Å². The van der Waals surface area contributed by atoms with Crippen LogP contribution in [0.25, 0.3) is 0 Å². The molecule has 1 amide bonds. The normalized spacial score (nSPS) is 17.9. The first-order chi connectivity index (χ1) is 15.2. The van der Waals surface area contributed by atoms with Gasteiger partial charge in [0.15, 0.2) is 6.10 Å². The molecule has 172 valence electrons. The smallest absolute Gasteiger partial charge is 0.311 e. The standard InChI is InChI=1S/C22H25FN2O6S/c1-15(21(26)24-19-7-3-4-8-20(19)30-2)31-22(27)16-6-5-13-25(14-16)32(28,29)18-11-9-17(23)10-12-18/h3-4,7-12,15-16H,5-6,13-14H2,1-2H3,(H,24,26). The zero-order valence-corrected chi connectivity index (χ0v) is 18.6. The summed E-state index contributed by atoms with van der Waals surface area (Å²) in [6, 6.07) is 11.4. The van der Waals surface area contributed by atoms with E-state index in [1.807, 2.05) is 0 Å². The molecule has 2 aromatic rings. The van der Waals surface area contributed by atoms with Crippen LogP contribution in [0.5, 0.6) is 5.75 Å². The van der Waals surface area contributed by atoms with Crippen molar-refractivity contribution < 1.29 is 31.9 Å². The molecule has 2 aromatic carbocycles. The van der Waals surface area contributed by atoms with Gasteiger partial charge in [0.1, 0.15) is 11.6 Å². The molecule has 1 aliphatic heterocycles. The fourth-order valence-electron chi connectivity index (χ4n) is 3.41. The van der Waals surface area contributed by atoms with Crippen LogP contribution in [0.4, 0.5) is 10.1 Å². The third-order valence-electron chi connectivity index (χ3n) is 5.20. The summed E-state index contributed by atoms with van der Waals surface area (Å²) in [5.41, 5.74) is 0.442. The van der Waals surface area contributed by atoms with Crippen molar-refractivity contribution in [1.82, 2.24) is 4.31 Å². The molecule has 2 atom stereocenters. The van der Waals surface area contributed by atoms with Crippen molar-refractivity contribution >= 4 is 27.6 Å². The van der Waals surface area contributed by atoms with E-state index in [4.69, 9.17) is 9.47 Å². The predicted octanol–water partition coefficient (Wildman–Crippen LogP) is 2.81. The average molecular weight is 465 g/mol. The molecule has 1 fully saturated rings. The van der Waals surface area contributed by atoms with Crippen molar-refractivity contribution in [3.63, 3.8) is 0 Å². The van der Waals surface area contributed by atoms with Gasteiger partial charge in [0.05, 0.1) is 23.6 Å². The Balaban J connectivity index is 1.62. The fourth-order valence-corrected chi connectivity index (χ4v) is 4.94. The summed E-state index contributed by atoms with van der Waals surface area (Å²) in [5.74, 6) is -1.96. The number of carbonyl (C=O) groups excluding carboxylic acids is 2. The molecular weight excluding hydrogens is 439 g/mol. The van der Waals surface area contributed by atoms with Crippen LogP contribution in [0.15, 0.2) is 53.4 Å². The molecule has 3 rings (SSSR count). The lowest BCUT2D eigenvalue weighted by Gasteiger charge is -2.31. The van der Waals surface area contributed by atoms with Gasteiger partial charge in [0.25, 0.3) is 5.91 Å². The van der Waals surface area contributed by atoms with Crippen molar-refractivity contribution in [2.75, 3.05) is 25.5 Å². The fraction of sp³-hybridized carbons (Fsp3) is 0.364. The van der Waals surface area contributed by atoms with Crippen LogP contribution in [0, 0.1) is 11.7 Å². The molecule has 0 radical (unpaired) electrons. The molecule has 1 heterocycles. The van der Waals surface area contributed by atoms with Gasteiger partial charge in [-0.2, -0.15) is 4.31 Å². The van der Waals surface area contributed by atoms with E-state index in [9.17, 15) is 22.4 Å². The average Bonchev–Trinajstić information content (AvgIpc) is 2.79. The number of methoxy groups -OCH3 is 1. The van der Waals surface area contributed by atoms with Crippen molar-refractivity contribution in [3.8, 4) is 5.75 Å². The van der Waals surface area contributed by atoms with E-state index in [1.54, 1.807) is 24.3 Å². The van der Waals surface area contributed by atoms with Gasteiger partial charge in [0.2, 0.25) is 10.0 Å². The van der Waals surface area contributed by atoms with E-state index in [-0.39, 0.29) is 18.0 Å². The number of amides is 1. The van der Waals surface area contributed by atoms with Gasteiger partial charge in [0, 0.05) is 13.1 Å². The molecule has 0 aromatic heterocycles. The molecule has 2 unspecified atom stereocenters. The van der Waals surface area contributed by atoms with Gasteiger partial charge in [-0.15, -0.1) is 0 Å². The number of esters is 1. The molecule has 32 heavy (non-hydrogen) atoms. The van der Waals surface area contributed by atoms with Crippen LogP contribution >= 0.6 is 0 Å². The SMILES string of the molecule is COc1ccccc1NC(=O)C(C)OC(=O)C1CCCN(S(=O)(=O)c2ccc(F)cc2)C1. The molecule has 0 spiro atoms. The third kappa shape index (κ3) is 5.43. The Morgan fingerprint density at radius 2 is 1.84 bits per heavy atom. The van der Waals surface area contributed by atoms with Gasteiger partial charge < -0.3 is 14.8 Å². The summed E-state index contributed by atoms with van der Waals surface area (Å²) in [6.07, 6.45) is -0.187. The molecule has 0 saturated carbocycles. The minimum Gasteiger partial charge on any atom is -0.495 e. The van der Waals surface area contributed by atoms with Gasteiger partial charge in [-0.05, 0) is 56.2 Å². The number of benzene rings is 2. The summed E-state index contributed by atoms with van der Waals surface area (Å²) in [6.45, 7) is 1.62. The number of piperidine rings is 1. The van der Waals surface area contributed by atoms with Gasteiger partial charge in [-0.25, -0.2) is 12.8 Å². The number of nitrogens with one attached hydrogen (secondary N) is 1. The maximum atomic E-state index is 13.1. The maximum Gasteiger partial charge on any atom is 0.311 e. The number of ether oxygens (including phenoxy) is 2. The van der Waals surface area contributed by atoms with Crippen molar-refractivity contribution in [2.45, 2.75) is 30.8 Å². The summed E-state index contributed by atoms with van der Waals surface area (Å²) in [5, 5.41) is 2.65. The van der Waals surface area contributed by atoms with E-state index in [0.29, 0.717) is 24.3 Å². The first-order valence-corrected chi connectivity index (χ1v) is 11.6. The highest BCUT2D eigenvalue weighted by Crippen LogP contribution is 2.26. The monoisotopic (exact) mass is 464 g/mol. The molecule has 1 saturated heterocycles. The number of rotatable bonds is 7. The number of halogens is 1. The molecule has 1 aliphatic rings. The van der Waals surface area contributed by atoms with E-state index in [0.717, 1.165) is 12.1 Å². The van der Waals surface area contributed by atoms with Crippen LogP contribution in [0.3, 0.4) is 0 Å². The first-order valence-electron chi connectivity index (χ1n) is 10.1. The van der Waals surface area contributed by atoms with Crippen LogP contribution < -0.4 is 10.1 Å². The highest BCUT2D eigenvalue weighted by atomic mass is 32.2. The van der Waals surface area contributed by atoms with E-state index in [2.05, 4.69) is 5.32 Å². The summed E-state index contributed by atoms with van der Waals surface area (Å²) in [4.78, 5) is 25.1. The number of hydrogen-bond acceptors (Lipinski definition) is 6. The Hall–Kier alpha value is -2.98. The number of anilines is 1. The van der Waals surface area contributed by atoms with Crippen LogP contribution in [0.1, 0.15) is 19.8 Å².